The van der Waals surface area contributed by atoms with Gasteiger partial charge in [-0.05, 0) is 30.9 Å². The van der Waals surface area contributed by atoms with Crippen molar-refractivity contribution in [1.29, 1.82) is 0 Å². The second kappa shape index (κ2) is 5.09. The third-order valence-electron chi connectivity index (χ3n) is 3.53. The summed E-state index contributed by atoms with van der Waals surface area (Å²) in [4.78, 5) is 13.9. The Balaban J connectivity index is 2.41. The van der Waals surface area contributed by atoms with E-state index in [2.05, 4.69) is 32.0 Å². The van der Waals surface area contributed by atoms with Crippen LogP contribution in [0.1, 0.15) is 37.4 Å². The lowest BCUT2D eigenvalue weighted by Gasteiger charge is -2.41. The van der Waals surface area contributed by atoms with Gasteiger partial charge in [0.1, 0.15) is 5.88 Å². The SMILES string of the molecule is CCC1c2ccccc2CC(C)N1C(=O)CCl. The summed E-state index contributed by atoms with van der Waals surface area (Å²) in [6, 6.07) is 8.82. The fraction of sp³-hybridized carbons (Fsp3) is 0.500. The third-order valence-corrected chi connectivity index (χ3v) is 3.76. The van der Waals surface area contributed by atoms with Crippen molar-refractivity contribution in [2.45, 2.75) is 38.8 Å². The molecule has 2 rings (SSSR count). The van der Waals surface area contributed by atoms with Crippen LogP contribution in [0.25, 0.3) is 0 Å². The van der Waals surface area contributed by atoms with Gasteiger partial charge < -0.3 is 4.90 Å². The Bertz CT molecular complexity index is 418. The van der Waals surface area contributed by atoms with Gasteiger partial charge in [0.2, 0.25) is 5.91 Å². The normalized spacial score (nSPS) is 23.4. The van der Waals surface area contributed by atoms with E-state index in [1.165, 1.54) is 11.1 Å². The summed E-state index contributed by atoms with van der Waals surface area (Å²) < 4.78 is 0. The number of carbonyl (C=O) groups is 1. The number of carbonyl (C=O) groups excluding carboxylic acids is 1. The van der Waals surface area contributed by atoms with E-state index in [0.717, 1.165) is 12.8 Å². The minimum absolute atomic E-state index is 0.0421. The van der Waals surface area contributed by atoms with Gasteiger partial charge in [-0.15, -0.1) is 11.6 Å². The molecule has 0 saturated carbocycles. The molecule has 2 unspecified atom stereocenters. The van der Waals surface area contributed by atoms with E-state index in [1.54, 1.807) is 0 Å². The van der Waals surface area contributed by atoms with E-state index in [1.807, 2.05) is 11.0 Å². The van der Waals surface area contributed by atoms with E-state index < -0.39 is 0 Å². The molecule has 0 aliphatic carbocycles. The molecule has 0 bridgehead atoms. The van der Waals surface area contributed by atoms with Crippen molar-refractivity contribution in [3.63, 3.8) is 0 Å². The van der Waals surface area contributed by atoms with Crippen LogP contribution in [0, 0.1) is 0 Å². The highest BCUT2D eigenvalue weighted by atomic mass is 35.5. The van der Waals surface area contributed by atoms with Crippen LogP contribution in [0.4, 0.5) is 0 Å². The number of benzene rings is 1. The number of nitrogens with zero attached hydrogens (tertiary/aromatic N) is 1. The maximum absolute atomic E-state index is 12.0. The van der Waals surface area contributed by atoms with E-state index in [0.29, 0.717) is 0 Å². The van der Waals surface area contributed by atoms with Gasteiger partial charge in [-0.3, -0.25) is 4.79 Å². The second-order valence-electron chi connectivity index (χ2n) is 4.61. The van der Waals surface area contributed by atoms with Crippen molar-refractivity contribution < 1.29 is 4.79 Å². The smallest absolute Gasteiger partial charge is 0.238 e. The van der Waals surface area contributed by atoms with Crippen LogP contribution in [0.3, 0.4) is 0 Å². The lowest BCUT2D eigenvalue weighted by Crippen LogP contribution is -2.46. The predicted octanol–water partition coefficient (Wildman–Crippen LogP) is 3.15. The molecule has 1 heterocycles. The number of hydrogen-bond donors (Lipinski definition) is 0. The number of rotatable bonds is 2. The number of amides is 1. The fourth-order valence-electron chi connectivity index (χ4n) is 2.82. The van der Waals surface area contributed by atoms with E-state index in [-0.39, 0.29) is 23.9 Å². The zero-order valence-corrected chi connectivity index (χ0v) is 11.1. The molecule has 1 aliphatic rings. The highest BCUT2D eigenvalue weighted by molar-refractivity contribution is 6.27. The standard InChI is InChI=1S/C14H18ClNO/c1-3-13-12-7-5-4-6-11(12)8-10(2)16(13)14(17)9-15/h4-7,10,13H,3,8-9H2,1-2H3. The second-order valence-corrected chi connectivity index (χ2v) is 4.88. The van der Waals surface area contributed by atoms with E-state index in [9.17, 15) is 4.79 Å². The van der Waals surface area contributed by atoms with Gasteiger partial charge in [0, 0.05) is 6.04 Å². The summed E-state index contributed by atoms with van der Waals surface area (Å²) in [5.74, 6) is 0.115. The van der Waals surface area contributed by atoms with Crippen LogP contribution < -0.4 is 0 Å². The Morgan fingerprint density at radius 2 is 2.18 bits per heavy atom. The molecule has 1 aliphatic heterocycles. The van der Waals surface area contributed by atoms with Gasteiger partial charge in [-0.25, -0.2) is 0 Å². The Kier molecular flexibility index (Phi) is 3.72. The van der Waals surface area contributed by atoms with Crippen molar-refractivity contribution in [3.05, 3.63) is 35.4 Å². The average molecular weight is 252 g/mol. The van der Waals surface area contributed by atoms with Crippen LogP contribution in [0.5, 0.6) is 0 Å². The van der Waals surface area contributed by atoms with Crippen LogP contribution in [0.15, 0.2) is 24.3 Å². The zero-order valence-electron chi connectivity index (χ0n) is 10.3. The van der Waals surface area contributed by atoms with Crippen molar-refractivity contribution in [3.8, 4) is 0 Å². The molecule has 17 heavy (non-hydrogen) atoms. The first-order chi connectivity index (χ1) is 8.19. The molecular formula is C14H18ClNO. The maximum Gasteiger partial charge on any atom is 0.238 e. The summed E-state index contributed by atoms with van der Waals surface area (Å²) in [5, 5.41) is 0. The van der Waals surface area contributed by atoms with Gasteiger partial charge in [0.25, 0.3) is 0 Å². The Hall–Kier alpha value is -1.02. The first-order valence-corrected chi connectivity index (χ1v) is 6.67. The molecule has 0 spiro atoms. The van der Waals surface area contributed by atoms with E-state index >= 15 is 0 Å². The monoisotopic (exact) mass is 251 g/mol. The molecule has 0 saturated heterocycles. The van der Waals surface area contributed by atoms with Gasteiger partial charge in [0.05, 0.1) is 6.04 Å². The topological polar surface area (TPSA) is 20.3 Å². The Labute approximate surface area is 108 Å². The fourth-order valence-corrected chi connectivity index (χ4v) is 2.96. The number of alkyl halides is 1. The molecule has 0 N–H and O–H groups in total. The van der Waals surface area contributed by atoms with Crippen LogP contribution in [-0.2, 0) is 11.2 Å². The highest BCUT2D eigenvalue weighted by Crippen LogP contribution is 2.35. The minimum Gasteiger partial charge on any atom is -0.332 e. The molecule has 0 fully saturated rings. The van der Waals surface area contributed by atoms with Crippen molar-refractivity contribution in [1.82, 2.24) is 4.90 Å². The van der Waals surface area contributed by atoms with Crippen LogP contribution in [0.2, 0.25) is 0 Å². The predicted molar refractivity (Wildman–Crippen MR) is 70.2 cm³/mol. The lowest BCUT2D eigenvalue weighted by molar-refractivity contribution is -0.134. The van der Waals surface area contributed by atoms with Gasteiger partial charge >= 0.3 is 0 Å². The molecule has 92 valence electrons. The minimum atomic E-state index is 0.0421. The zero-order chi connectivity index (χ0) is 12.4. The Morgan fingerprint density at radius 1 is 1.47 bits per heavy atom. The number of hydrogen-bond acceptors (Lipinski definition) is 1. The molecule has 1 aromatic carbocycles. The number of halogens is 1. The summed E-state index contributed by atoms with van der Waals surface area (Å²) in [6.07, 6.45) is 1.86. The first-order valence-electron chi connectivity index (χ1n) is 6.14. The summed E-state index contributed by atoms with van der Waals surface area (Å²) in [6.45, 7) is 4.22. The first kappa shape index (κ1) is 12.4. The molecule has 3 heteroatoms. The number of fused-ring (bicyclic) bond motifs is 1. The van der Waals surface area contributed by atoms with Crippen LogP contribution in [-0.4, -0.2) is 22.7 Å². The molecule has 2 nitrogen and oxygen atoms in total. The van der Waals surface area contributed by atoms with Gasteiger partial charge in [-0.2, -0.15) is 0 Å². The molecule has 0 aromatic heterocycles. The average Bonchev–Trinajstić information content (AvgIpc) is 2.36. The van der Waals surface area contributed by atoms with Gasteiger partial charge in [0.15, 0.2) is 0 Å². The third kappa shape index (κ3) is 2.19. The van der Waals surface area contributed by atoms with Gasteiger partial charge in [-0.1, -0.05) is 31.2 Å². The quantitative estimate of drug-likeness (QED) is 0.740. The van der Waals surface area contributed by atoms with Crippen molar-refractivity contribution in [2.24, 2.45) is 0 Å². The van der Waals surface area contributed by atoms with Crippen molar-refractivity contribution in [2.75, 3.05) is 5.88 Å². The van der Waals surface area contributed by atoms with Crippen LogP contribution >= 0.6 is 11.6 Å². The summed E-state index contributed by atoms with van der Waals surface area (Å²) in [7, 11) is 0. The summed E-state index contributed by atoms with van der Waals surface area (Å²) in [5.41, 5.74) is 2.65. The molecule has 1 aromatic rings. The van der Waals surface area contributed by atoms with E-state index in [4.69, 9.17) is 11.6 Å². The lowest BCUT2D eigenvalue weighted by atomic mass is 9.87. The molecule has 0 radical (unpaired) electrons. The van der Waals surface area contributed by atoms with Crippen molar-refractivity contribution >= 4 is 17.5 Å². The Morgan fingerprint density at radius 3 is 2.82 bits per heavy atom. The largest absolute Gasteiger partial charge is 0.332 e. The molecule has 1 amide bonds. The maximum atomic E-state index is 12.0. The molecular weight excluding hydrogens is 234 g/mol. The highest BCUT2D eigenvalue weighted by Gasteiger charge is 2.33. The molecule has 2 atom stereocenters. The summed E-state index contributed by atoms with van der Waals surface area (Å²) >= 11 is 5.71.